The normalized spacial score (nSPS) is 14.9. The van der Waals surface area contributed by atoms with Gasteiger partial charge in [-0.15, -0.1) is 11.3 Å². The molecule has 4 nitrogen and oxygen atoms in total. The number of hydrogen-bond donors (Lipinski definition) is 1. The molecule has 0 aliphatic carbocycles. The smallest absolute Gasteiger partial charge is 0.264 e. The summed E-state index contributed by atoms with van der Waals surface area (Å²) in [6, 6.07) is 7.34. The van der Waals surface area contributed by atoms with Crippen molar-refractivity contribution in [3.63, 3.8) is 0 Å². The number of thiophene rings is 1. The molecule has 0 radical (unpaired) electrons. The maximum atomic E-state index is 13.3. The van der Waals surface area contributed by atoms with Gasteiger partial charge in [-0.1, -0.05) is 18.9 Å². The molecule has 0 atom stereocenters. The standard InChI is InChI=1S/C19H21FN2O2S/c1-13-11-16(21-18(23)14-7-6-8-15(20)12-14)25-17(13)19(24)22-9-4-2-3-5-10-22/h6-8,11-12H,2-5,9-10H2,1H3,(H,21,23). The van der Waals surface area contributed by atoms with Gasteiger partial charge in [0.25, 0.3) is 11.8 Å². The van der Waals surface area contributed by atoms with Crippen molar-refractivity contribution < 1.29 is 14.0 Å². The Bertz CT molecular complexity index is 779. The van der Waals surface area contributed by atoms with Gasteiger partial charge in [-0.2, -0.15) is 0 Å². The van der Waals surface area contributed by atoms with Crippen LogP contribution < -0.4 is 5.32 Å². The van der Waals surface area contributed by atoms with Crippen molar-refractivity contribution in [3.8, 4) is 0 Å². The van der Waals surface area contributed by atoms with Gasteiger partial charge in [-0.25, -0.2) is 4.39 Å². The number of carbonyl (C=O) groups is 2. The van der Waals surface area contributed by atoms with Crippen LogP contribution in [0, 0.1) is 12.7 Å². The summed E-state index contributed by atoms with van der Waals surface area (Å²) >= 11 is 1.28. The minimum atomic E-state index is -0.452. The summed E-state index contributed by atoms with van der Waals surface area (Å²) in [6.45, 7) is 3.46. The molecule has 1 saturated heterocycles. The molecule has 25 heavy (non-hydrogen) atoms. The molecule has 2 amide bonds. The summed E-state index contributed by atoms with van der Waals surface area (Å²) in [5.74, 6) is -0.794. The highest BCUT2D eigenvalue weighted by atomic mass is 32.1. The summed E-state index contributed by atoms with van der Waals surface area (Å²) in [7, 11) is 0. The highest BCUT2D eigenvalue weighted by Gasteiger charge is 2.22. The zero-order valence-corrected chi connectivity index (χ0v) is 15.0. The van der Waals surface area contributed by atoms with Crippen LogP contribution in [0.1, 0.15) is 51.3 Å². The van der Waals surface area contributed by atoms with E-state index in [2.05, 4.69) is 5.32 Å². The lowest BCUT2D eigenvalue weighted by Gasteiger charge is -2.19. The number of halogens is 1. The second kappa shape index (κ2) is 7.78. The fourth-order valence-corrected chi connectivity index (χ4v) is 4.02. The Morgan fingerprint density at radius 1 is 1.12 bits per heavy atom. The highest BCUT2D eigenvalue weighted by Crippen LogP contribution is 2.29. The van der Waals surface area contributed by atoms with Gasteiger partial charge in [0, 0.05) is 18.7 Å². The van der Waals surface area contributed by atoms with Gasteiger partial charge < -0.3 is 10.2 Å². The van der Waals surface area contributed by atoms with Crippen molar-refractivity contribution in [1.82, 2.24) is 4.90 Å². The Morgan fingerprint density at radius 3 is 2.52 bits per heavy atom. The maximum absolute atomic E-state index is 13.3. The maximum Gasteiger partial charge on any atom is 0.264 e. The monoisotopic (exact) mass is 360 g/mol. The van der Waals surface area contributed by atoms with Crippen molar-refractivity contribution in [2.24, 2.45) is 0 Å². The second-order valence-electron chi connectivity index (χ2n) is 6.29. The van der Waals surface area contributed by atoms with Gasteiger partial charge >= 0.3 is 0 Å². The molecule has 1 aliphatic heterocycles. The SMILES string of the molecule is Cc1cc(NC(=O)c2cccc(F)c2)sc1C(=O)N1CCCCCC1. The minimum Gasteiger partial charge on any atom is -0.338 e. The number of nitrogens with zero attached hydrogens (tertiary/aromatic N) is 1. The number of rotatable bonds is 3. The zero-order chi connectivity index (χ0) is 17.8. The topological polar surface area (TPSA) is 49.4 Å². The van der Waals surface area contributed by atoms with Crippen LogP contribution in [0.15, 0.2) is 30.3 Å². The van der Waals surface area contributed by atoms with Crippen molar-refractivity contribution in [1.29, 1.82) is 0 Å². The minimum absolute atomic E-state index is 0.0376. The Morgan fingerprint density at radius 2 is 1.84 bits per heavy atom. The molecule has 0 unspecified atom stereocenters. The van der Waals surface area contributed by atoms with Crippen molar-refractivity contribution >= 4 is 28.2 Å². The van der Waals surface area contributed by atoms with Crippen molar-refractivity contribution in [2.75, 3.05) is 18.4 Å². The predicted molar refractivity (Wildman–Crippen MR) is 97.8 cm³/mol. The van der Waals surface area contributed by atoms with E-state index in [1.54, 1.807) is 12.1 Å². The molecule has 1 N–H and O–H groups in total. The number of anilines is 1. The molecular formula is C19H21FN2O2S. The van der Waals surface area contributed by atoms with E-state index in [9.17, 15) is 14.0 Å². The van der Waals surface area contributed by atoms with E-state index in [1.807, 2.05) is 11.8 Å². The van der Waals surface area contributed by atoms with Crippen LogP contribution in [0.5, 0.6) is 0 Å². The molecule has 0 spiro atoms. The molecule has 1 aliphatic rings. The number of benzene rings is 1. The third kappa shape index (κ3) is 4.25. The van der Waals surface area contributed by atoms with Crippen LogP contribution in [0.4, 0.5) is 9.39 Å². The van der Waals surface area contributed by atoms with Crippen molar-refractivity contribution in [2.45, 2.75) is 32.6 Å². The Hall–Kier alpha value is -2.21. The number of hydrogen-bond acceptors (Lipinski definition) is 3. The number of amides is 2. The van der Waals surface area contributed by atoms with E-state index < -0.39 is 5.82 Å². The molecule has 2 aromatic rings. The van der Waals surface area contributed by atoms with E-state index in [4.69, 9.17) is 0 Å². The first-order valence-corrected chi connectivity index (χ1v) is 9.33. The van der Waals surface area contributed by atoms with Gasteiger partial charge in [0.1, 0.15) is 5.82 Å². The lowest BCUT2D eigenvalue weighted by molar-refractivity contribution is 0.0765. The highest BCUT2D eigenvalue weighted by molar-refractivity contribution is 7.18. The Labute approximate surface area is 150 Å². The van der Waals surface area contributed by atoms with E-state index in [0.717, 1.165) is 31.5 Å². The Kier molecular flexibility index (Phi) is 5.48. The number of aryl methyl sites for hydroxylation is 1. The molecule has 2 heterocycles. The first-order valence-electron chi connectivity index (χ1n) is 8.51. The second-order valence-corrected chi connectivity index (χ2v) is 7.35. The molecule has 3 rings (SSSR count). The number of likely N-dealkylation sites (tertiary alicyclic amines) is 1. The zero-order valence-electron chi connectivity index (χ0n) is 14.2. The van der Waals surface area contributed by atoms with Crippen LogP contribution in [0.25, 0.3) is 0 Å². The first-order chi connectivity index (χ1) is 12.0. The summed E-state index contributed by atoms with van der Waals surface area (Å²) in [6.07, 6.45) is 4.42. The fraction of sp³-hybridized carbons (Fsp3) is 0.368. The van der Waals surface area contributed by atoms with Gasteiger partial charge in [0.2, 0.25) is 0 Å². The lowest BCUT2D eigenvalue weighted by atomic mass is 10.2. The van der Waals surface area contributed by atoms with E-state index in [1.165, 1.54) is 42.4 Å². The van der Waals surface area contributed by atoms with Gasteiger partial charge in [-0.05, 0) is 49.6 Å². The Balaban J connectivity index is 1.73. The van der Waals surface area contributed by atoms with Crippen LogP contribution in [0.2, 0.25) is 0 Å². The van der Waals surface area contributed by atoms with Gasteiger partial charge in [0.05, 0.1) is 9.88 Å². The lowest BCUT2D eigenvalue weighted by Crippen LogP contribution is -2.31. The van der Waals surface area contributed by atoms with E-state index >= 15 is 0 Å². The molecule has 0 bridgehead atoms. The van der Waals surface area contributed by atoms with Crippen LogP contribution in [-0.4, -0.2) is 29.8 Å². The molecule has 1 aromatic carbocycles. The third-order valence-corrected chi connectivity index (χ3v) is 5.47. The summed E-state index contributed by atoms with van der Waals surface area (Å²) in [5, 5.41) is 3.36. The van der Waals surface area contributed by atoms with Crippen LogP contribution >= 0.6 is 11.3 Å². The molecule has 1 aromatic heterocycles. The number of carbonyl (C=O) groups excluding carboxylic acids is 2. The molecule has 6 heteroatoms. The van der Waals surface area contributed by atoms with E-state index in [0.29, 0.717) is 9.88 Å². The first kappa shape index (κ1) is 17.6. The van der Waals surface area contributed by atoms with Crippen molar-refractivity contribution in [3.05, 3.63) is 52.2 Å². The third-order valence-electron chi connectivity index (χ3n) is 4.33. The van der Waals surface area contributed by atoms with Crippen LogP contribution in [-0.2, 0) is 0 Å². The average Bonchev–Trinajstić information content (AvgIpc) is 2.79. The summed E-state index contributed by atoms with van der Waals surface area (Å²) < 4.78 is 13.3. The summed E-state index contributed by atoms with van der Waals surface area (Å²) in [4.78, 5) is 27.6. The average molecular weight is 360 g/mol. The molecule has 0 saturated carbocycles. The van der Waals surface area contributed by atoms with Gasteiger partial charge in [-0.3, -0.25) is 9.59 Å². The van der Waals surface area contributed by atoms with Gasteiger partial charge in [0.15, 0.2) is 0 Å². The molecule has 1 fully saturated rings. The van der Waals surface area contributed by atoms with Crippen LogP contribution in [0.3, 0.4) is 0 Å². The molecular weight excluding hydrogens is 339 g/mol. The summed E-state index contributed by atoms with van der Waals surface area (Å²) in [5.41, 5.74) is 1.11. The number of nitrogens with one attached hydrogen (secondary N) is 1. The predicted octanol–water partition coefficient (Wildman–Crippen LogP) is 4.46. The largest absolute Gasteiger partial charge is 0.338 e. The fourth-order valence-electron chi connectivity index (χ4n) is 2.99. The molecule has 132 valence electrons. The van der Waals surface area contributed by atoms with E-state index in [-0.39, 0.29) is 17.4 Å². The quantitative estimate of drug-likeness (QED) is 0.878.